The first-order chi connectivity index (χ1) is 10.1. The van der Waals surface area contributed by atoms with Gasteiger partial charge < -0.3 is 10.5 Å². The molecular formula is C17H15FN2O. The number of fused-ring (bicyclic) bond motifs is 1. The molecule has 3 nitrogen and oxygen atoms in total. The standard InChI is InChI=1S/C17H15FN2O/c1-11(19)14-5-2-6-15(18)17(14)21-13-8-7-12-4-3-9-20-16(12)10-13/h2-11H,19H2,1H3/t11-/m1/s1. The lowest BCUT2D eigenvalue weighted by Gasteiger charge is -2.14. The van der Waals surface area contributed by atoms with Gasteiger partial charge in [0.2, 0.25) is 0 Å². The van der Waals surface area contributed by atoms with Crippen LogP contribution in [-0.2, 0) is 0 Å². The average molecular weight is 282 g/mol. The highest BCUT2D eigenvalue weighted by Gasteiger charge is 2.14. The fourth-order valence-corrected chi connectivity index (χ4v) is 2.22. The van der Waals surface area contributed by atoms with Crippen LogP contribution in [0.15, 0.2) is 54.7 Å². The van der Waals surface area contributed by atoms with Crippen molar-refractivity contribution in [3.05, 3.63) is 66.1 Å². The number of rotatable bonds is 3. The third-order valence-electron chi connectivity index (χ3n) is 3.29. The molecule has 0 bridgehead atoms. The Hall–Kier alpha value is -2.46. The van der Waals surface area contributed by atoms with Crippen molar-refractivity contribution in [3.63, 3.8) is 0 Å². The van der Waals surface area contributed by atoms with Crippen molar-refractivity contribution in [2.24, 2.45) is 5.73 Å². The maximum absolute atomic E-state index is 14.0. The molecule has 1 aromatic heterocycles. The Morgan fingerprint density at radius 2 is 2.00 bits per heavy atom. The lowest BCUT2D eigenvalue weighted by molar-refractivity contribution is 0.433. The molecule has 0 saturated heterocycles. The quantitative estimate of drug-likeness (QED) is 0.783. The van der Waals surface area contributed by atoms with E-state index in [1.165, 1.54) is 6.07 Å². The number of ether oxygens (including phenoxy) is 1. The number of para-hydroxylation sites is 1. The number of nitrogens with zero attached hydrogens (tertiary/aromatic N) is 1. The molecule has 1 atom stereocenters. The van der Waals surface area contributed by atoms with Crippen LogP contribution in [0.4, 0.5) is 4.39 Å². The van der Waals surface area contributed by atoms with Crippen LogP contribution in [0.25, 0.3) is 10.9 Å². The third kappa shape index (κ3) is 2.71. The third-order valence-corrected chi connectivity index (χ3v) is 3.29. The minimum atomic E-state index is -0.425. The summed E-state index contributed by atoms with van der Waals surface area (Å²) in [7, 11) is 0. The van der Waals surface area contributed by atoms with E-state index in [2.05, 4.69) is 4.98 Å². The number of nitrogens with two attached hydrogens (primary N) is 1. The molecule has 0 saturated carbocycles. The van der Waals surface area contributed by atoms with Crippen LogP contribution in [0.5, 0.6) is 11.5 Å². The Morgan fingerprint density at radius 1 is 1.14 bits per heavy atom. The van der Waals surface area contributed by atoms with Crippen LogP contribution < -0.4 is 10.5 Å². The first-order valence-electron chi connectivity index (χ1n) is 6.72. The molecule has 0 aliphatic heterocycles. The number of halogens is 1. The summed E-state index contributed by atoms with van der Waals surface area (Å²) in [5, 5.41) is 1.01. The Bertz CT molecular complexity index is 787. The number of hydrogen-bond acceptors (Lipinski definition) is 3. The van der Waals surface area contributed by atoms with E-state index in [0.717, 1.165) is 10.9 Å². The van der Waals surface area contributed by atoms with Gasteiger partial charge in [-0.3, -0.25) is 4.98 Å². The normalized spacial score (nSPS) is 12.3. The molecule has 0 spiro atoms. The van der Waals surface area contributed by atoms with E-state index in [-0.39, 0.29) is 11.8 Å². The number of aromatic nitrogens is 1. The summed E-state index contributed by atoms with van der Waals surface area (Å²) >= 11 is 0. The maximum atomic E-state index is 14.0. The first kappa shape index (κ1) is 13.5. The molecular weight excluding hydrogens is 267 g/mol. The molecule has 21 heavy (non-hydrogen) atoms. The van der Waals surface area contributed by atoms with Crippen molar-refractivity contribution < 1.29 is 9.13 Å². The van der Waals surface area contributed by atoms with Gasteiger partial charge in [0.15, 0.2) is 11.6 Å². The molecule has 2 aromatic carbocycles. The van der Waals surface area contributed by atoms with Gasteiger partial charge in [-0.2, -0.15) is 0 Å². The van der Waals surface area contributed by atoms with Crippen molar-refractivity contribution in [1.82, 2.24) is 4.98 Å². The van der Waals surface area contributed by atoms with Crippen molar-refractivity contribution in [3.8, 4) is 11.5 Å². The summed E-state index contributed by atoms with van der Waals surface area (Å²) in [6.07, 6.45) is 1.71. The second kappa shape index (κ2) is 5.50. The summed E-state index contributed by atoms with van der Waals surface area (Å²) in [4.78, 5) is 4.27. The van der Waals surface area contributed by atoms with Crippen LogP contribution in [0.2, 0.25) is 0 Å². The first-order valence-corrected chi connectivity index (χ1v) is 6.72. The predicted molar refractivity (Wildman–Crippen MR) is 80.8 cm³/mol. The van der Waals surface area contributed by atoms with Gasteiger partial charge in [0.05, 0.1) is 5.52 Å². The zero-order valence-electron chi connectivity index (χ0n) is 11.6. The van der Waals surface area contributed by atoms with Gasteiger partial charge in [-0.15, -0.1) is 0 Å². The second-order valence-electron chi connectivity index (χ2n) is 4.91. The summed E-state index contributed by atoms with van der Waals surface area (Å²) in [5.74, 6) is 0.280. The van der Waals surface area contributed by atoms with Crippen molar-refractivity contribution in [2.45, 2.75) is 13.0 Å². The van der Waals surface area contributed by atoms with Crippen LogP contribution in [-0.4, -0.2) is 4.98 Å². The average Bonchev–Trinajstić information content (AvgIpc) is 2.49. The van der Waals surface area contributed by atoms with E-state index in [9.17, 15) is 4.39 Å². The Labute approximate surface area is 122 Å². The minimum absolute atomic E-state index is 0.169. The highest BCUT2D eigenvalue weighted by Crippen LogP contribution is 2.32. The fourth-order valence-electron chi connectivity index (χ4n) is 2.22. The van der Waals surface area contributed by atoms with Crippen molar-refractivity contribution in [2.75, 3.05) is 0 Å². The summed E-state index contributed by atoms with van der Waals surface area (Å²) in [6.45, 7) is 1.80. The summed E-state index contributed by atoms with van der Waals surface area (Å²) in [6, 6.07) is 13.7. The lowest BCUT2D eigenvalue weighted by atomic mass is 10.1. The Balaban J connectivity index is 2.02. The van der Waals surface area contributed by atoms with E-state index < -0.39 is 5.82 Å². The van der Waals surface area contributed by atoms with E-state index in [1.54, 1.807) is 37.4 Å². The van der Waals surface area contributed by atoms with Crippen LogP contribution >= 0.6 is 0 Å². The van der Waals surface area contributed by atoms with Gasteiger partial charge in [0.1, 0.15) is 5.75 Å². The van der Waals surface area contributed by atoms with Gasteiger partial charge in [0, 0.05) is 29.3 Å². The topological polar surface area (TPSA) is 48.1 Å². The van der Waals surface area contributed by atoms with E-state index in [1.807, 2.05) is 18.2 Å². The monoisotopic (exact) mass is 282 g/mol. The molecule has 0 fully saturated rings. The molecule has 106 valence electrons. The zero-order valence-corrected chi connectivity index (χ0v) is 11.6. The fraction of sp³-hybridized carbons (Fsp3) is 0.118. The van der Waals surface area contributed by atoms with E-state index >= 15 is 0 Å². The lowest BCUT2D eigenvalue weighted by Crippen LogP contribution is -2.07. The molecule has 0 aliphatic carbocycles. The molecule has 1 heterocycles. The van der Waals surface area contributed by atoms with Gasteiger partial charge >= 0.3 is 0 Å². The molecule has 3 rings (SSSR count). The summed E-state index contributed by atoms with van der Waals surface area (Å²) < 4.78 is 19.7. The second-order valence-corrected chi connectivity index (χ2v) is 4.91. The highest BCUT2D eigenvalue weighted by molar-refractivity contribution is 5.79. The van der Waals surface area contributed by atoms with Gasteiger partial charge in [-0.25, -0.2) is 4.39 Å². The molecule has 0 unspecified atom stereocenters. The largest absolute Gasteiger partial charge is 0.454 e. The molecule has 0 radical (unpaired) electrons. The van der Waals surface area contributed by atoms with E-state index in [0.29, 0.717) is 11.3 Å². The van der Waals surface area contributed by atoms with Gasteiger partial charge in [-0.1, -0.05) is 18.2 Å². The van der Waals surface area contributed by atoms with Crippen LogP contribution in [0.3, 0.4) is 0 Å². The molecule has 0 amide bonds. The maximum Gasteiger partial charge on any atom is 0.167 e. The highest BCUT2D eigenvalue weighted by atomic mass is 19.1. The Morgan fingerprint density at radius 3 is 2.81 bits per heavy atom. The van der Waals surface area contributed by atoms with Crippen molar-refractivity contribution in [1.29, 1.82) is 0 Å². The Kier molecular flexibility index (Phi) is 3.54. The molecule has 2 N–H and O–H groups in total. The van der Waals surface area contributed by atoms with Crippen LogP contribution in [0, 0.1) is 5.82 Å². The number of hydrogen-bond donors (Lipinski definition) is 1. The van der Waals surface area contributed by atoms with Gasteiger partial charge in [-0.05, 0) is 31.2 Å². The van der Waals surface area contributed by atoms with Gasteiger partial charge in [0.25, 0.3) is 0 Å². The number of pyridine rings is 1. The minimum Gasteiger partial charge on any atom is -0.454 e. The smallest absolute Gasteiger partial charge is 0.167 e. The number of benzene rings is 2. The molecule has 3 aromatic rings. The zero-order chi connectivity index (χ0) is 14.8. The molecule has 0 aliphatic rings. The SMILES string of the molecule is C[C@@H](N)c1cccc(F)c1Oc1ccc2cccnc2c1. The van der Waals surface area contributed by atoms with E-state index in [4.69, 9.17) is 10.5 Å². The summed E-state index contributed by atoms with van der Waals surface area (Å²) in [5.41, 5.74) is 7.30. The van der Waals surface area contributed by atoms with Crippen molar-refractivity contribution >= 4 is 10.9 Å². The predicted octanol–water partition coefficient (Wildman–Crippen LogP) is 4.19. The van der Waals surface area contributed by atoms with Crippen LogP contribution in [0.1, 0.15) is 18.5 Å². The molecule has 4 heteroatoms.